The monoisotopic (exact) mass is 542 g/mol. The number of thiophene rings is 1. The molecule has 0 saturated carbocycles. The average Bonchev–Trinajstić information content (AvgIpc) is 3.25. The second-order valence-corrected chi connectivity index (χ2v) is 10.7. The predicted molar refractivity (Wildman–Crippen MR) is 134 cm³/mol. The van der Waals surface area contributed by atoms with E-state index in [4.69, 9.17) is 19.4 Å². The Balaban J connectivity index is 0.000000479. The van der Waals surface area contributed by atoms with Gasteiger partial charge in [0.1, 0.15) is 11.4 Å². The van der Waals surface area contributed by atoms with Crippen molar-refractivity contribution in [1.29, 1.82) is 0 Å². The maximum Gasteiger partial charge on any atom is 0.490 e. The highest BCUT2D eigenvalue weighted by Gasteiger charge is 2.43. The Morgan fingerprint density at radius 2 is 1.89 bits per heavy atom. The molecule has 2 N–H and O–H groups in total. The first-order valence-corrected chi connectivity index (χ1v) is 12.9. The number of aryl methyl sites for hydroxylation is 1. The van der Waals surface area contributed by atoms with Crippen molar-refractivity contribution in [2.45, 2.75) is 56.8 Å². The van der Waals surface area contributed by atoms with Gasteiger partial charge in [-0.15, -0.1) is 11.3 Å². The first kappa shape index (κ1) is 28.9. The number of hydrogen-bond donors (Lipinski definition) is 2. The van der Waals surface area contributed by atoms with Gasteiger partial charge < -0.3 is 19.9 Å². The number of carboxylic acids is 1. The van der Waals surface area contributed by atoms with Gasteiger partial charge in [-0.2, -0.15) is 13.2 Å². The van der Waals surface area contributed by atoms with Gasteiger partial charge in [0.15, 0.2) is 0 Å². The number of rotatable bonds is 7. The number of fused-ring (bicyclic) bond motifs is 1. The van der Waals surface area contributed by atoms with Crippen LogP contribution >= 0.6 is 11.3 Å². The number of carbonyl (C=O) groups excluding carboxylic acids is 1. The Kier molecular flexibility index (Phi) is 9.97. The number of likely N-dealkylation sites (tertiary alicyclic amines) is 1. The van der Waals surface area contributed by atoms with Crippen LogP contribution in [0.4, 0.5) is 13.2 Å². The number of amides is 1. The number of ether oxygens (including phenoxy) is 2. The molecule has 37 heavy (non-hydrogen) atoms. The molecule has 1 amide bonds. The lowest BCUT2D eigenvalue weighted by atomic mass is 9.76. The van der Waals surface area contributed by atoms with Gasteiger partial charge in [-0.25, -0.2) is 4.79 Å². The lowest BCUT2D eigenvalue weighted by molar-refractivity contribution is -0.192. The fourth-order valence-corrected chi connectivity index (χ4v) is 5.66. The molecule has 2 aromatic rings. The van der Waals surface area contributed by atoms with Gasteiger partial charge in [-0.1, -0.05) is 18.2 Å². The van der Waals surface area contributed by atoms with Gasteiger partial charge in [0.05, 0.1) is 6.61 Å². The zero-order valence-corrected chi connectivity index (χ0v) is 21.8. The van der Waals surface area contributed by atoms with Gasteiger partial charge in [0, 0.05) is 55.4 Å². The maximum absolute atomic E-state index is 12.5. The SMILES string of the molecule is COCCNC(=O)CC1CC2(CCN(Cc3ccc(C)s3)CC2)Oc2ccccc21.O=C(O)C(F)(F)F. The van der Waals surface area contributed by atoms with Crippen LogP contribution in [0.2, 0.25) is 0 Å². The summed E-state index contributed by atoms with van der Waals surface area (Å²) in [6, 6.07) is 12.7. The molecule has 3 heterocycles. The number of carbonyl (C=O) groups is 2. The molecule has 7 nitrogen and oxygen atoms in total. The lowest BCUT2D eigenvalue weighted by Crippen LogP contribution is -2.50. The van der Waals surface area contributed by atoms with E-state index in [1.165, 1.54) is 15.3 Å². The van der Waals surface area contributed by atoms with E-state index in [1.807, 2.05) is 23.5 Å². The molecule has 11 heteroatoms. The number of alkyl halides is 3. The maximum atomic E-state index is 12.5. The third-order valence-corrected chi connectivity index (χ3v) is 7.53. The highest BCUT2D eigenvalue weighted by atomic mass is 32.1. The number of hydrogen-bond acceptors (Lipinski definition) is 6. The minimum absolute atomic E-state index is 0.0920. The van der Waals surface area contributed by atoms with Gasteiger partial charge in [-0.05, 0) is 49.9 Å². The summed E-state index contributed by atoms with van der Waals surface area (Å²) in [5, 5.41) is 10.1. The highest BCUT2D eigenvalue weighted by molar-refractivity contribution is 7.11. The summed E-state index contributed by atoms with van der Waals surface area (Å²) in [7, 11) is 1.65. The summed E-state index contributed by atoms with van der Waals surface area (Å²) in [5.74, 6) is -1.51. The molecule has 1 aromatic carbocycles. The summed E-state index contributed by atoms with van der Waals surface area (Å²) in [6.07, 6.45) is -1.65. The quantitative estimate of drug-likeness (QED) is 0.492. The van der Waals surface area contributed by atoms with Crippen molar-refractivity contribution in [2.75, 3.05) is 33.4 Å². The van der Waals surface area contributed by atoms with Crippen molar-refractivity contribution in [3.05, 3.63) is 51.7 Å². The van der Waals surface area contributed by atoms with E-state index in [0.29, 0.717) is 19.6 Å². The van der Waals surface area contributed by atoms with Crippen LogP contribution in [0.25, 0.3) is 0 Å². The molecule has 1 spiro atoms. The molecule has 1 saturated heterocycles. The van der Waals surface area contributed by atoms with Crippen molar-refractivity contribution in [3.8, 4) is 5.75 Å². The minimum Gasteiger partial charge on any atom is -0.487 e. The van der Waals surface area contributed by atoms with Gasteiger partial charge in [-0.3, -0.25) is 9.69 Å². The van der Waals surface area contributed by atoms with Crippen molar-refractivity contribution >= 4 is 23.2 Å². The zero-order chi connectivity index (χ0) is 27.1. The van der Waals surface area contributed by atoms with Crippen molar-refractivity contribution in [2.24, 2.45) is 0 Å². The standard InChI is InChI=1S/C24H32N2O3S.C2HF3O2/c1-18-7-8-20(30-18)17-26-12-9-24(10-13-26)16-19(15-23(27)25-11-14-28-2)21-5-3-4-6-22(21)29-24;3-2(4,5)1(6)7/h3-8,19H,9-17H2,1-2H3,(H,25,27);(H,6,7). The van der Waals surface area contributed by atoms with Crippen LogP contribution < -0.4 is 10.1 Å². The first-order chi connectivity index (χ1) is 17.5. The first-order valence-electron chi connectivity index (χ1n) is 12.1. The van der Waals surface area contributed by atoms with Crippen LogP contribution in [0, 0.1) is 6.92 Å². The molecule has 0 aliphatic carbocycles. The van der Waals surface area contributed by atoms with Crippen LogP contribution in [-0.2, 0) is 20.9 Å². The molecule has 0 bridgehead atoms. The second-order valence-electron chi connectivity index (χ2n) is 9.36. The molecule has 1 aromatic heterocycles. The van der Waals surface area contributed by atoms with Crippen molar-refractivity contribution in [3.63, 3.8) is 0 Å². The second kappa shape index (κ2) is 12.7. The number of piperidine rings is 1. The number of nitrogens with one attached hydrogen (secondary N) is 1. The summed E-state index contributed by atoms with van der Waals surface area (Å²) in [4.78, 5) is 26.7. The van der Waals surface area contributed by atoms with E-state index in [2.05, 4.69) is 41.4 Å². The predicted octanol–water partition coefficient (Wildman–Crippen LogP) is 4.74. The van der Waals surface area contributed by atoms with Crippen molar-refractivity contribution in [1.82, 2.24) is 10.2 Å². The largest absolute Gasteiger partial charge is 0.490 e. The summed E-state index contributed by atoms with van der Waals surface area (Å²) in [6.45, 7) is 6.36. The van der Waals surface area contributed by atoms with E-state index in [-0.39, 0.29) is 17.4 Å². The Bertz CT molecular complexity index is 1050. The minimum atomic E-state index is -5.08. The van der Waals surface area contributed by atoms with Crippen LogP contribution in [0.3, 0.4) is 0 Å². The molecule has 2 aliphatic heterocycles. The van der Waals surface area contributed by atoms with Gasteiger partial charge in [0.2, 0.25) is 5.91 Å². The van der Waals surface area contributed by atoms with Crippen molar-refractivity contribution < 1.29 is 37.3 Å². The highest BCUT2D eigenvalue weighted by Crippen LogP contribution is 2.46. The molecule has 1 fully saturated rings. The number of halogens is 3. The lowest BCUT2D eigenvalue weighted by Gasteiger charge is -2.47. The molecule has 1 unspecified atom stereocenters. The molecule has 4 rings (SSSR count). The number of benzene rings is 1. The molecule has 204 valence electrons. The molecular formula is C26H33F3N2O5S. The molecule has 1 atom stereocenters. The third kappa shape index (κ3) is 8.44. The van der Waals surface area contributed by atoms with E-state index in [1.54, 1.807) is 7.11 Å². The number of nitrogens with zero attached hydrogens (tertiary/aromatic N) is 1. The van der Waals surface area contributed by atoms with Crippen LogP contribution in [0.5, 0.6) is 5.75 Å². The molecule has 0 radical (unpaired) electrons. The smallest absolute Gasteiger partial charge is 0.487 e. The Hall–Kier alpha value is -2.63. The van der Waals surface area contributed by atoms with E-state index in [0.717, 1.165) is 44.6 Å². The van der Waals surface area contributed by atoms with E-state index < -0.39 is 12.1 Å². The van der Waals surface area contributed by atoms with Crippen LogP contribution in [0.15, 0.2) is 36.4 Å². The summed E-state index contributed by atoms with van der Waals surface area (Å²) < 4.78 is 43.4. The van der Waals surface area contributed by atoms with Gasteiger partial charge in [0.25, 0.3) is 0 Å². The normalized spacial score (nSPS) is 18.8. The Morgan fingerprint density at radius 1 is 1.22 bits per heavy atom. The summed E-state index contributed by atoms with van der Waals surface area (Å²) >= 11 is 1.89. The number of para-hydroxylation sites is 1. The van der Waals surface area contributed by atoms with E-state index >= 15 is 0 Å². The average molecular weight is 543 g/mol. The topological polar surface area (TPSA) is 88.1 Å². The summed E-state index contributed by atoms with van der Waals surface area (Å²) in [5.41, 5.74) is 1.01. The van der Waals surface area contributed by atoms with E-state index in [9.17, 15) is 18.0 Å². The third-order valence-electron chi connectivity index (χ3n) is 6.55. The van der Waals surface area contributed by atoms with Crippen LogP contribution in [-0.4, -0.2) is 67.0 Å². The fourth-order valence-electron chi connectivity index (χ4n) is 4.73. The molecule has 2 aliphatic rings. The number of aliphatic carboxylic acids is 1. The van der Waals surface area contributed by atoms with Crippen LogP contribution in [0.1, 0.15) is 46.9 Å². The number of methoxy groups -OCH3 is 1. The fraction of sp³-hybridized carbons (Fsp3) is 0.538. The Labute approximate surface area is 218 Å². The van der Waals surface area contributed by atoms with Gasteiger partial charge >= 0.3 is 12.1 Å². The zero-order valence-electron chi connectivity index (χ0n) is 21.0. The number of carboxylic acid groups (broad SMARTS) is 1. The Morgan fingerprint density at radius 3 is 2.49 bits per heavy atom. The molecular weight excluding hydrogens is 509 g/mol.